The summed E-state index contributed by atoms with van der Waals surface area (Å²) in [4.78, 5) is 0. The molecule has 0 heterocycles. The van der Waals surface area contributed by atoms with E-state index < -0.39 is 0 Å². The molecular formula is C15H31N. The molecule has 0 saturated heterocycles. The summed E-state index contributed by atoms with van der Waals surface area (Å²) < 4.78 is 0. The Balaban J connectivity index is 2.23. The molecule has 0 aliphatic heterocycles. The van der Waals surface area contributed by atoms with Crippen molar-refractivity contribution in [1.29, 1.82) is 0 Å². The first-order valence-electron chi connectivity index (χ1n) is 7.24. The number of hydrogen-bond acceptors (Lipinski definition) is 1. The highest BCUT2D eigenvalue weighted by molar-refractivity contribution is 4.78. The van der Waals surface area contributed by atoms with Crippen molar-refractivity contribution in [3.8, 4) is 0 Å². The molecule has 1 aliphatic rings. The van der Waals surface area contributed by atoms with Crippen molar-refractivity contribution < 1.29 is 0 Å². The van der Waals surface area contributed by atoms with E-state index in [-0.39, 0.29) is 0 Å². The molecule has 16 heavy (non-hydrogen) atoms. The summed E-state index contributed by atoms with van der Waals surface area (Å²) in [6.45, 7) is 13.0. The van der Waals surface area contributed by atoms with Gasteiger partial charge in [-0.3, -0.25) is 0 Å². The third-order valence-electron chi connectivity index (χ3n) is 4.60. The van der Waals surface area contributed by atoms with Crippen LogP contribution < -0.4 is 5.32 Å². The Morgan fingerprint density at radius 2 is 1.75 bits per heavy atom. The van der Waals surface area contributed by atoms with Crippen LogP contribution in [0.15, 0.2) is 0 Å². The predicted molar refractivity (Wildman–Crippen MR) is 72.6 cm³/mol. The lowest BCUT2D eigenvalue weighted by Crippen LogP contribution is -2.29. The Morgan fingerprint density at radius 1 is 1.06 bits per heavy atom. The van der Waals surface area contributed by atoms with Gasteiger partial charge in [-0.05, 0) is 49.5 Å². The standard InChI is InChI=1S/C15H31N/c1-11(2)16-9-8-13(4)15-7-6-12(3)14(5)10-15/h11-16H,6-10H2,1-5H3. The summed E-state index contributed by atoms with van der Waals surface area (Å²) in [6.07, 6.45) is 5.73. The number of nitrogens with one attached hydrogen (secondary N) is 1. The highest BCUT2D eigenvalue weighted by Gasteiger charge is 2.27. The van der Waals surface area contributed by atoms with E-state index in [0.717, 1.165) is 23.7 Å². The van der Waals surface area contributed by atoms with Crippen molar-refractivity contribution in [3.63, 3.8) is 0 Å². The normalized spacial score (nSPS) is 33.0. The molecule has 0 aromatic rings. The van der Waals surface area contributed by atoms with Crippen LogP contribution in [0.5, 0.6) is 0 Å². The lowest BCUT2D eigenvalue weighted by atomic mass is 9.71. The summed E-state index contributed by atoms with van der Waals surface area (Å²) in [5.74, 6) is 3.79. The van der Waals surface area contributed by atoms with E-state index in [9.17, 15) is 0 Å². The van der Waals surface area contributed by atoms with Crippen LogP contribution in [0.25, 0.3) is 0 Å². The molecule has 1 heteroatoms. The van der Waals surface area contributed by atoms with Crippen LogP contribution in [0, 0.1) is 23.7 Å². The molecule has 0 aromatic carbocycles. The predicted octanol–water partition coefficient (Wildman–Crippen LogP) is 4.08. The fourth-order valence-electron chi connectivity index (χ4n) is 2.94. The largest absolute Gasteiger partial charge is 0.315 e. The molecule has 0 amide bonds. The molecule has 0 bridgehead atoms. The van der Waals surface area contributed by atoms with Crippen LogP contribution in [0.2, 0.25) is 0 Å². The lowest BCUT2D eigenvalue weighted by Gasteiger charge is -2.35. The van der Waals surface area contributed by atoms with Crippen molar-refractivity contribution >= 4 is 0 Å². The van der Waals surface area contributed by atoms with Crippen LogP contribution in [-0.2, 0) is 0 Å². The van der Waals surface area contributed by atoms with Gasteiger partial charge in [0.1, 0.15) is 0 Å². The van der Waals surface area contributed by atoms with Crippen LogP contribution >= 0.6 is 0 Å². The Labute approximate surface area is 102 Å². The second kappa shape index (κ2) is 6.64. The van der Waals surface area contributed by atoms with Crippen LogP contribution in [0.4, 0.5) is 0 Å². The van der Waals surface area contributed by atoms with Crippen LogP contribution in [-0.4, -0.2) is 12.6 Å². The monoisotopic (exact) mass is 225 g/mol. The molecule has 1 fully saturated rings. The van der Waals surface area contributed by atoms with Crippen molar-refractivity contribution in [1.82, 2.24) is 5.32 Å². The third-order valence-corrected chi connectivity index (χ3v) is 4.60. The molecule has 4 unspecified atom stereocenters. The molecule has 0 radical (unpaired) electrons. The minimum Gasteiger partial charge on any atom is -0.315 e. The van der Waals surface area contributed by atoms with Gasteiger partial charge >= 0.3 is 0 Å². The van der Waals surface area contributed by atoms with E-state index in [1.54, 1.807) is 0 Å². The van der Waals surface area contributed by atoms with Gasteiger partial charge in [-0.1, -0.05) is 41.0 Å². The molecular weight excluding hydrogens is 194 g/mol. The first-order chi connectivity index (χ1) is 7.50. The maximum atomic E-state index is 3.54. The summed E-state index contributed by atoms with van der Waals surface area (Å²) in [5, 5.41) is 3.54. The van der Waals surface area contributed by atoms with Gasteiger partial charge in [-0.2, -0.15) is 0 Å². The fraction of sp³-hybridized carbons (Fsp3) is 1.00. The van der Waals surface area contributed by atoms with Crippen molar-refractivity contribution in [2.24, 2.45) is 23.7 Å². The van der Waals surface area contributed by atoms with Gasteiger partial charge in [0.25, 0.3) is 0 Å². The summed E-state index contributed by atoms with van der Waals surface area (Å²) in [7, 11) is 0. The molecule has 0 aromatic heterocycles. The maximum absolute atomic E-state index is 3.54. The Morgan fingerprint density at radius 3 is 2.31 bits per heavy atom. The maximum Gasteiger partial charge on any atom is 0.00103 e. The summed E-state index contributed by atoms with van der Waals surface area (Å²) in [5.41, 5.74) is 0. The van der Waals surface area contributed by atoms with Gasteiger partial charge in [-0.15, -0.1) is 0 Å². The first-order valence-corrected chi connectivity index (χ1v) is 7.24. The number of hydrogen-bond donors (Lipinski definition) is 1. The van der Waals surface area contributed by atoms with Crippen molar-refractivity contribution in [3.05, 3.63) is 0 Å². The zero-order chi connectivity index (χ0) is 12.1. The topological polar surface area (TPSA) is 12.0 Å². The van der Waals surface area contributed by atoms with Gasteiger partial charge in [0.05, 0.1) is 0 Å². The molecule has 1 saturated carbocycles. The first kappa shape index (κ1) is 14.0. The highest BCUT2D eigenvalue weighted by Crippen LogP contribution is 2.37. The lowest BCUT2D eigenvalue weighted by molar-refractivity contribution is 0.158. The molecule has 1 nitrogen and oxygen atoms in total. The summed E-state index contributed by atoms with van der Waals surface area (Å²) in [6, 6.07) is 0.637. The van der Waals surface area contributed by atoms with Crippen molar-refractivity contribution in [2.45, 2.75) is 66.3 Å². The minimum absolute atomic E-state index is 0.637. The van der Waals surface area contributed by atoms with Gasteiger partial charge in [0.2, 0.25) is 0 Å². The van der Waals surface area contributed by atoms with Gasteiger partial charge in [-0.25, -0.2) is 0 Å². The van der Waals surface area contributed by atoms with E-state index in [0.29, 0.717) is 6.04 Å². The molecule has 4 atom stereocenters. The fourth-order valence-corrected chi connectivity index (χ4v) is 2.94. The minimum atomic E-state index is 0.637. The zero-order valence-electron chi connectivity index (χ0n) is 11.9. The van der Waals surface area contributed by atoms with E-state index in [1.807, 2.05) is 0 Å². The molecule has 1 aliphatic carbocycles. The SMILES string of the molecule is CC(C)NCCC(C)C1CCC(C)C(C)C1. The van der Waals surface area contributed by atoms with Gasteiger partial charge < -0.3 is 5.32 Å². The average Bonchev–Trinajstić information content (AvgIpc) is 2.21. The van der Waals surface area contributed by atoms with Crippen LogP contribution in [0.1, 0.15) is 60.3 Å². The van der Waals surface area contributed by atoms with E-state index >= 15 is 0 Å². The molecule has 96 valence electrons. The second-order valence-corrected chi connectivity index (χ2v) is 6.40. The molecule has 1 rings (SSSR count). The molecule has 1 N–H and O–H groups in total. The second-order valence-electron chi connectivity index (χ2n) is 6.40. The Hall–Kier alpha value is -0.0400. The van der Waals surface area contributed by atoms with Gasteiger partial charge in [0.15, 0.2) is 0 Å². The Bertz CT molecular complexity index is 188. The zero-order valence-corrected chi connectivity index (χ0v) is 11.9. The smallest absolute Gasteiger partial charge is 0.00103 e. The third kappa shape index (κ3) is 4.45. The van der Waals surface area contributed by atoms with E-state index in [1.165, 1.54) is 32.2 Å². The quantitative estimate of drug-likeness (QED) is 0.743. The van der Waals surface area contributed by atoms with Gasteiger partial charge in [0, 0.05) is 6.04 Å². The van der Waals surface area contributed by atoms with E-state index in [4.69, 9.17) is 0 Å². The number of rotatable bonds is 5. The molecule has 0 spiro atoms. The van der Waals surface area contributed by atoms with Crippen molar-refractivity contribution in [2.75, 3.05) is 6.54 Å². The van der Waals surface area contributed by atoms with E-state index in [2.05, 4.69) is 39.9 Å². The highest BCUT2D eigenvalue weighted by atomic mass is 14.9. The summed E-state index contributed by atoms with van der Waals surface area (Å²) >= 11 is 0. The Kier molecular flexibility index (Phi) is 5.82. The average molecular weight is 225 g/mol. The van der Waals surface area contributed by atoms with Crippen LogP contribution in [0.3, 0.4) is 0 Å².